The van der Waals surface area contributed by atoms with Crippen molar-refractivity contribution in [2.45, 2.75) is 37.3 Å². The maximum absolute atomic E-state index is 5.78. The fourth-order valence-corrected chi connectivity index (χ4v) is 2.03. The van der Waals surface area contributed by atoms with Crippen LogP contribution < -0.4 is 11.1 Å². The first-order valence-corrected chi connectivity index (χ1v) is 3.81. The van der Waals surface area contributed by atoms with E-state index in [1.807, 2.05) is 0 Å². The molecule has 2 unspecified atom stereocenters. The fourth-order valence-electron chi connectivity index (χ4n) is 2.03. The fraction of sp³-hybridized carbons (Fsp3) is 1.00. The van der Waals surface area contributed by atoms with Crippen LogP contribution in [-0.4, -0.2) is 18.1 Å². The monoisotopic (exact) mass is 126 g/mol. The second-order valence-corrected chi connectivity index (χ2v) is 3.46. The lowest BCUT2D eigenvalue weighted by Gasteiger charge is -2.40. The molecule has 0 radical (unpaired) electrons. The summed E-state index contributed by atoms with van der Waals surface area (Å²) in [5.41, 5.74) is 6.29. The largest absolute Gasteiger partial charge is 0.328 e. The minimum Gasteiger partial charge on any atom is -0.328 e. The molecule has 2 aliphatic rings. The molecule has 1 saturated heterocycles. The Hall–Kier alpha value is -0.0800. The van der Waals surface area contributed by atoms with Crippen LogP contribution in [0.1, 0.15) is 25.7 Å². The molecule has 2 heteroatoms. The van der Waals surface area contributed by atoms with Crippen molar-refractivity contribution in [3.8, 4) is 0 Å². The van der Waals surface area contributed by atoms with Crippen LogP contribution in [0.4, 0.5) is 0 Å². The molecule has 3 N–H and O–H groups in total. The standard InChI is InChI=1S/C7H14N2/c8-6-1-2-7(5-6)3-4-9-7/h6,9H,1-5,8H2. The van der Waals surface area contributed by atoms with Crippen molar-refractivity contribution in [2.75, 3.05) is 6.54 Å². The molecule has 1 aliphatic heterocycles. The van der Waals surface area contributed by atoms with E-state index in [1.165, 1.54) is 32.2 Å². The minimum absolute atomic E-state index is 0.484. The van der Waals surface area contributed by atoms with Gasteiger partial charge in [-0.05, 0) is 32.2 Å². The van der Waals surface area contributed by atoms with Crippen molar-refractivity contribution < 1.29 is 0 Å². The van der Waals surface area contributed by atoms with E-state index in [2.05, 4.69) is 5.32 Å². The van der Waals surface area contributed by atoms with Gasteiger partial charge in [-0.2, -0.15) is 0 Å². The van der Waals surface area contributed by atoms with E-state index >= 15 is 0 Å². The Morgan fingerprint density at radius 3 is 2.44 bits per heavy atom. The quantitative estimate of drug-likeness (QED) is 0.487. The molecule has 9 heavy (non-hydrogen) atoms. The zero-order valence-electron chi connectivity index (χ0n) is 5.69. The summed E-state index contributed by atoms with van der Waals surface area (Å²) in [7, 11) is 0. The molecular weight excluding hydrogens is 112 g/mol. The maximum Gasteiger partial charge on any atom is 0.0208 e. The number of rotatable bonds is 0. The molecule has 0 aromatic carbocycles. The van der Waals surface area contributed by atoms with Crippen LogP contribution in [0.25, 0.3) is 0 Å². The molecule has 1 saturated carbocycles. The van der Waals surface area contributed by atoms with Gasteiger partial charge in [0.25, 0.3) is 0 Å². The summed E-state index contributed by atoms with van der Waals surface area (Å²) in [6.07, 6.45) is 5.12. The van der Waals surface area contributed by atoms with Crippen molar-refractivity contribution in [1.82, 2.24) is 5.32 Å². The SMILES string of the molecule is NC1CCC2(CCN2)C1. The number of nitrogens with two attached hydrogens (primary N) is 1. The van der Waals surface area contributed by atoms with Crippen LogP contribution in [0.5, 0.6) is 0 Å². The molecule has 1 aliphatic carbocycles. The maximum atomic E-state index is 5.78. The van der Waals surface area contributed by atoms with Gasteiger partial charge in [0, 0.05) is 11.6 Å². The van der Waals surface area contributed by atoms with E-state index in [1.54, 1.807) is 0 Å². The van der Waals surface area contributed by atoms with Crippen LogP contribution in [0.3, 0.4) is 0 Å². The first kappa shape index (κ1) is 5.69. The highest BCUT2D eigenvalue weighted by Crippen LogP contribution is 2.36. The van der Waals surface area contributed by atoms with Gasteiger partial charge >= 0.3 is 0 Å². The van der Waals surface area contributed by atoms with E-state index in [9.17, 15) is 0 Å². The van der Waals surface area contributed by atoms with Crippen molar-refractivity contribution in [1.29, 1.82) is 0 Å². The molecule has 2 nitrogen and oxygen atoms in total. The van der Waals surface area contributed by atoms with Crippen molar-refractivity contribution in [3.05, 3.63) is 0 Å². The topological polar surface area (TPSA) is 38.0 Å². The summed E-state index contributed by atoms with van der Waals surface area (Å²) in [5, 5.41) is 3.47. The second kappa shape index (κ2) is 1.70. The Morgan fingerprint density at radius 2 is 2.22 bits per heavy atom. The number of nitrogens with one attached hydrogen (secondary N) is 1. The first-order chi connectivity index (χ1) is 4.31. The lowest BCUT2D eigenvalue weighted by atomic mass is 9.86. The van der Waals surface area contributed by atoms with E-state index < -0.39 is 0 Å². The van der Waals surface area contributed by atoms with Crippen LogP contribution in [0.2, 0.25) is 0 Å². The average Bonchev–Trinajstić information content (AvgIpc) is 2.09. The van der Waals surface area contributed by atoms with Gasteiger partial charge < -0.3 is 11.1 Å². The molecule has 0 bridgehead atoms. The summed E-state index contributed by atoms with van der Waals surface area (Å²) in [6.45, 7) is 1.21. The molecule has 0 aromatic heterocycles. The molecule has 1 spiro atoms. The minimum atomic E-state index is 0.484. The van der Waals surface area contributed by atoms with Crippen molar-refractivity contribution in [2.24, 2.45) is 5.73 Å². The third-order valence-corrected chi connectivity index (χ3v) is 2.75. The zero-order chi connectivity index (χ0) is 6.32. The molecule has 1 heterocycles. The highest BCUT2D eigenvalue weighted by molar-refractivity contribution is 5.03. The van der Waals surface area contributed by atoms with Gasteiger partial charge in [-0.25, -0.2) is 0 Å². The predicted octanol–water partition coefficient (Wildman–Crippen LogP) is 0.230. The van der Waals surface area contributed by atoms with Gasteiger partial charge in [-0.15, -0.1) is 0 Å². The van der Waals surface area contributed by atoms with Crippen molar-refractivity contribution in [3.63, 3.8) is 0 Å². The molecule has 0 aromatic rings. The van der Waals surface area contributed by atoms with Crippen LogP contribution in [0.15, 0.2) is 0 Å². The molecular formula is C7H14N2. The second-order valence-electron chi connectivity index (χ2n) is 3.46. The Balaban J connectivity index is 1.99. The highest BCUT2D eigenvalue weighted by Gasteiger charge is 2.41. The van der Waals surface area contributed by atoms with Gasteiger partial charge in [-0.1, -0.05) is 0 Å². The third-order valence-electron chi connectivity index (χ3n) is 2.75. The lowest BCUT2D eigenvalue weighted by Crippen LogP contribution is -2.55. The van der Waals surface area contributed by atoms with Crippen LogP contribution in [-0.2, 0) is 0 Å². The van der Waals surface area contributed by atoms with Gasteiger partial charge in [0.15, 0.2) is 0 Å². The molecule has 0 amide bonds. The summed E-state index contributed by atoms with van der Waals surface area (Å²) < 4.78 is 0. The Bertz CT molecular complexity index is 118. The van der Waals surface area contributed by atoms with E-state index in [0.29, 0.717) is 11.6 Å². The summed E-state index contributed by atoms with van der Waals surface area (Å²) in [4.78, 5) is 0. The number of hydrogen-bond acceptors (Lipinski definition) is 2. The van der Waals surface area contributed by atoms with Gasteiger partial charge in [0.1, 0.15) is 0 Å². The summed E-state index contributed by atoms with van der Waals surface area (Å²) in [5.74, 6) is 0. The lowest BCUT2D eigenvalue weighted by molar-refractivity contribution is 0.212. The molecule has 2 atom stereocenters. The number of hydrogen-bond donors (Lipinski definition) is 2. The summed E-state index contributed by atoms with van der Waals surface area (Å²) >= 11 is 0. The average molecular weight is 126 g/mol. The van der Waals surface area contributed by atoms with Gasteiger partial charge in [0.05, 0.1) is 0 Å². The third kappa shape index (κ3) is 0.775. The van der Waals surface area contributed by atoms with Crippen molar-refractivity contribution >= 4 is 0 Å². The van der Waals surface area contributed by atoms with Gasteiger partial charge in [-0.3, -0.25) is 0 Å². The molecule has 52 valence electrons. The van der Waals surface area contributed by atoms with Gasteiger partial charge in [0.2, 0.25) is 0 Å². The molecule has 2 fully saturated rings. The van der Waals surface area contributed by atoms with E-state index in [0.717, 1.165) is 0 Å². The normalized spacial score (nSPS) is 49.7. The van der Waals surface area contributed by atoms with Crippen LogP contribution >= 0.6 is 0 Å². The molecule has 2 rings (SSSR count). The Kier molecular flexibility index (Phi) is 1.08. The smallest absolute Gasteiger partial charge is 0.0208 e. The van der Waals surface area contributed by atoms with Crippen LogP contribution in [0, 0.1) is 0 Å². The highest BCUT2D eigenvalue weighted by atomic mass is 15.1. The first-order valence-electron chi connectivity index (χ1n) is 3.81. The Labute approximate surface area is 55.8 Å². The zero-order valence-corrected chi connectivity index (χ0v) is 5.69. The van der Waals surface area contributed by atoms with E-state index in [4.69, 9.17) is 5.73 Å². The predicted molar refractivity (Wildman–Crippen MR) is 37.2 cm³/mol. The Morgan fingerprint density at radius 1 is 1.44 bits per heavy atom. The summed E-state index contributed by atoms with van der Waals surface area (Å²) in [6, 6.07) is 0.484. The van der Waals surface area contributed by atoms with E-state index in [-0.39, 0.29) is 0 Å².